The first kappa shape index (κ1) is 15.4. The van der Waals surface area contributed by atoms with Gasteiger partial charge in [-0.15, -0.1) is 0 Å². The Hall–Kier alpha value is -1.45. The number of amides is 1. The summed E-state index contributed by atoms with van der Waals surface area (Å²) in [4.78, 5) is 18.6. The van der Waals surface area contributed by atoms with Crippen molar-refractivity contribution in [2.45, 2.75) is 31.1 Å². The molecule has 1 aromatic heterocycles. The number of imidazole rings is 1. The molecule has 1 amide bonds. The number of hydrogen-bond donors (Lipinski definition) is 2. The highest BCUT2D eigenvalue weighted by atomic mass is 32.2. The van der Waals surface area contributed by atoms with Crippen LogP contribution in [-0.2, 0) is 23.0 Å². The van der Waals surface area contributed by atoms with Crippen LogP contribution in [0, 0.1) is 0 Å². The molecule has 0 bridgehead atoms. The molecule has 3 heterocycles. The van der Waals surface area contributed by atoms with Gasteiger partial charge in [-0.3, -0.25) is 4.79 Å². The standard InChI is InChI=1S/C13H21N5O3S/c14-22(20,21)10-2-6-17(7-3-10)13(19)11-9-18-8-5-15-4-1-12(18)16-11/h9-10,15H,1-8H2,(H2,14,20,21). The van der Waals surface area contributed by atoms with E-state index in [0.29, 0.717) is 31.6 Å². The molecule has 3 rings (SSSR count). The predicted molar refractivity (Wildman–Crippen MR) is 80.8 cm³/mol. The lowest BCUT2D eigenvalue weighted by atomic mass is 10.1. The van der Waals surface area contributed by atoms with E-state index in [4.69, 9.17) is 5.14 Å². The van der Waals surface area contributed by atoms with Gasteiger partial charge in [-0.1, -0.05) is 0 Å². The number of rotatable bonds is 2. The number of nitrogens with zero attached hydrogens (tertiary/aromatic N) is 3. The largest absolute Gasteiger partial charge is 0.337 e. The normalized spacial score (nSPS) is 20.5. The van der Waals surface area contributed by atoms with E-state index in [1.165, 1.54) is 0 Å². The van der Waals surface area contributed by atoms with Gasteiger partial charge in [0.25, 0.3) is 5.91 Å². The molecule has 0 atom stereocenters. The highest BCUT2D eigenvalue weighted by molar-refractivity contribution is 7.89. The molecule has 1 saturated heterocycles. The van der Waals surface area contributed by atoms with E-state index in [9.17, 15) is 13.2 Å². The second-order valence-electron chi connectivity index (χ2n) is 5.82. The van der Waals surface area contributed by atoms with Crippen molar-refractivity contribution in [3.8, 4) is 0 Å². The van der Waals surface area contributed by atoms with Gasteiger partial charge in [-0.25, -0.2) is 18.5 Å². The molecular weight excluding hydrogens is 306 g/mol. The highest BCUT2D eigenvalue weighted by Gasteiger charge is 2.30. The van der Waals surface area contributed by atoms with Gasteiger partial charge in [0.2, 0.25) is 10.0 Å². The number of carbonyl (C=O) groups excluding carboxylic acids is 1. The molecule has 9 heteroatoms. The Kier molecular flexibility index (Phi) is 4.20. The molecular formula is C13H21N5O3S. The maximum atomic E-state index is 12.5. The summed E-state index contributed by atoms with van der Waals surface area (Å²) < 4.78 is 24.7. The fourth-order valence-electron chi connectivity index (χ4n) is 3.02. The minimum Gasteiger partial charge on any atom is -0.337 e. The Balaban J connectivity index is 1.68. The Morgan fingerprint density at radius 1 is 1.27 bits per heavy atom. The molecule has 8 nitrogen and oxygen atoms in total. The number of fused-ring (bicyclic) bond motifs is 1. The van der Waals surface area contributed by atoms with Crippen LogP contribution >= 0.6 is 0 Å². The van der Waals surface area contributed by atoms with Crippen LogP contribution in [0.5, 0.6) is 0 Å². The fraction of sp³-hybridized carbons (Fsp3) is 0.692. The number of carbonyl (C=O) groups is 1. The quantitative estimate of drug-likeness (QED) is 0.718. The highest BCUT2D eigenvalue weighted by Crippen LogP contribution is 2.18. The van der Waals surface area contributed by atoms with Crippen molar-refractivity contribution in [3.63, 3.8) is 0 Å². The third-order valence-corrected chi connectivity index (χ3v) is 5.73. The molecule has 2 aliphatic heterocycles. The Morgan fingerprint density at radius 3 is 2.68 bits per heavy atom. The van der Waals surface area contributed by atoms with Gasteiger partial charge in [0, 0.05) is 45.3 Å². The molecule has 1 aromatic rings. The van der Waals surface area contributed by atoms with Crippen molar-refractivity contribution in [1.29, 1.82) is 0 Å². The Bertz CT molecular complexity index is 638. The van der Waals surface area contributed by atoms with E-state index in [1.807, 2.05) is 4.57 Å². The van der Waals surface area contributed by atoms with Gasteiger partial charge in [-0.2, -0.15) is 0 Å². The van der Waals surface area contributed by atoms with Crippen molar-refractivity contribution in [3.05, 3.63) is 17.7 Å². The summed E-state index contributed by atoms with van der Waals surface area (Å²) >= 11 is 0. The van der Waals surface area contributed by atoms with Crippen LogP contribution < -0.4 is 10.5 Å². The first-order valence-corrected chi connectivity index (χ1v) is 9.14. The number of primary sulfonamides is 1. The zero-order valence-corrected chi connectivity index (χ0v) is 13.2. The summed E-state index contributed by atoms with van der Waals surface area (Å²) in [5.74, 6) is 0.800. The van der Waals surface area contributed by atoms with E-state index >= 15 is 0 Å². The maximum absolute atomic E-state index is 12.5. The summed E-state index contributed by atoms with van der Waals surface area (Å²) in [6, 6.07) is 0. The first-order chi connectivity index (χ1) is 10.4. The van der Waals surface area contributed by atoms with Gasteiger partial charge >= 0.3 is 0 Å². The lowest BCUT2D eigenvalue weighted by molar-refractivity contribution is 0.0720. The van der Waals surface area contributed by atoms with Crippen LogP contribution in [0.2, 0.25) is 0 Å². The maximum Gasteiger partial charge on any atom is 0.274 e. The summed E-state index contributed by atoms with van der Waals surface area (Å²) in [6.45, 7) is 3.36. The van der Waals surface area contributed by atoms with Gasteiger partial charge < -0.3 is 14.8 Å². The number of piperidine rings is 1. The van der Waals surface area contributed by atoms with E-state index in [-0.39, 0.29) is 5.91 Å². The number of nitrogens with two attached hydrogens (primary N) is 1. The number of nitrogens with one attached hydrogen (secondary N) is 1. The second-order valence-corrected chi connectivity index (χ2v) is 7.66. The van der Waals surface area contributed by atoms with Crippen LogP contribution in [0.25, 0.3) is 0 Å². The average Bonchev–Trinajstić information content (AvgIpc) is 2.77. The fourth-order valence-corrected chi connectivity index (χ4v) is 3.89. The van der Waals surface area contributed by atoms with Gasteiger partial charge in [0.05, 0.1) is 5.25 Å². The van der Waals surface area contributed by atoms with E-state index in [1.54, 1.807) is 11.1 Å². The predicted octanol–water partition coefficient (Wildman–Crippen LogP) is -1.08. The SMILES string of the molecule is NS(=O)(=O)C1CCN(C(=O)c2cn3c(n2)CCNCC3)CC1. The van der Waals surface area contributed by atoms with Crippen LogP contribution in [0.15, 0.2) is 6.20 Å². The minimum absolute atomic E-state index is 0.124. The molecule has 1 fully saturated rings. The van der Waals surface area contributed by atoms with Crippen LogP contribution in [0.3, 0.4) is 0 Å². The molecule has 3 N–H and O–H groups in total. The first-order valence-electron chi connectivity index (χ1n) is 7.53. The summed E-state index contributed by atoms with van der Waals surface area (Å²) in [5.41, 5.74) is 0.450. The average molecular weight is 327 g/mol. The van der Waals surface area contributed by atoms with Crippen molar-refractivity contribution in [2.24, 2.45) is 5.14 Å². The van der Waals surface area contributed by atoms with Crippen LogP contribution in [-0.4, -0.2) is 60.2 Å². The lowest BCUT2D eigenvalue weighted by Crippen LogP contribution is -2.44. The molecule has 0 spiro atoms. The summed E-state index contributed by atoms with van der Waals surface area (Å²) in [5, 5.41) is 7.92. The third kappa shape index (κ3) is 3.16. The molecule has 22 heavy (non-hydrogen) atoms. The molecule has 0 aliphatic carbocycles. The smallest absolute Gasteiger partial charge is 0.274 e. The van der Waals surface area contributed by atoms with Crippen LogP contribution in [0.1, 0.15) is 29.2 Å². The van der Waals surface area contributed by atoms with Crippen LogP contribution in [0.4, 0.5) is 0 Å². The summed E-state index contributed by atoms with van der Waals surface area (Å²) in [6.07, 6.45) is 3.39. The van der Waals surface area contributed by atoms with Crippen molar-refractivity contribution >= 4 is 15.9 Å². The topological polar surface area (TPSA) is 110 Å². The number of hydrogen-bond acceptors (Lipinski definition) is 5. The van der Waals surface area contributed by atoms with E-state index in [0.717, 1.165) is 31.9 Å². The molecule has 0 unspecified atom stereocenters. The zero-order chi connectivity index (χ0) is 15.7. The molecule has 122 valence electrons. The molecule has 0 saturated carbocycles. The van der Waals surface area contributed by atoms with E-state index < -0.39 is 15.3 Å². The number of aromatic nitrogens is 2. The van der Waals surface area contributed by atoms with Crippen molar-refractivity contribution in [1.82, 2.24) is 19.8 Å². The van der Waals surface area contributed by atoms with E-state index in [2.05, 4.69) is 10.3 Å². The second kappa shape index (κ2) is 5.98. The monoisotopic (exact) mass is 327 g/mol. The lowest BCUT2D eigenvalue weighted by Gasteiger charge is -2.30. The molecule has 0 radical (unpaired) electrons. The minimum atomic E-state index is -3.51. The molecule has 0 aromatic carbocycles. The van der Waals surface area contributed by atoms with Crippen molar-refractivity contribution in [2.75, 3.05) is 26.2 Å². The Morgan fingerprint density at radius 2 is 2.00 bits per heavy atom. The number of sulfonamides is 1. The van der Waals surface area contributed by atoms with Gasteiger partial charge in [0.1, 0.15) is 11.5 Å². The molecule has 2 aliphatic rings. The van der Waals surface area contributed by atoms with Gasteiger partial charge in [0.15, 0.2) is 0 Å². The van der Waals surface area contributed by atoms with Crippen molar-refractivity contribution < 1.29 is 13.2 Å². The zero-order valence-electron chi connectivity index (χ0n) is 12.4. The Labute approximate surface area is 129 Å². The van der Waals surface area contributed by atoms with Gasteiger partial charge in [-0.05, 0) is 12.8 Å². The number of likely N-dealkylation sites (tertiary alicyclic amines) is 1. The summed E-state index contributed by atoms with van der Waals surface area (Å²) in [7, 11) is -3.51. The third-order valence-electron chi connectivity index (χ3n) is 4.33.